The van der Waals surface area contributed by atoms with Crippen LogP contribution in [-0.2, 0) is 5.75 Å². The van der Waals surface area contributed by atoms with Crippen molar-refractivity contribution in [1.82, 2.24) is 9.55 Å². The van der Waals surface area contributed by atoms with E-state index in [1.54, 1.807) is 11.8 Å². The zero-order valence-corrected chi connectivity index (χ0v) is 9.20. The lowest BCUT2D eigenvalue weighted by Crippen LogP contribution is -2.04. The fourth-order valence-electron chi connectivity index (χ4n) is 1.41. The number of imidazole rings is 1. The third-order valence-corrected chi connectivity index (χ3v) is 3.64. The average Bonchev–Trinajstić information content (AvgIpc) is 2.94. The largest absolute Gasteiger partial charge is 0.395 e. The van der Waals surface area contributed by atoms with Gasteiger partial charge in [0, 0.05) is 28.9 Å². The second-order valence-corrected chi connectivity index (χ2v) is 5.25. The molecule has 2 rings (SSSR count). The lowest BCUT2D eigenvalue weighted by atomic mass is 10.5. The first-order chi connectivity index (χ1) is 6.81. The van der Waals surface area contributed by atoms with E-state index in [1.165, 1.54) is 18.5 Å². The molecule has 0 bridgehead atoms. The van der Waals surface area contributed by atoms with Crippen LogP contribution in [0, 0.1) is 0 Å². The number of aliphatic hydroxyl groups excluding tert-OH is 1. The Morgan fingerprint density at radius 1 is 1.71 bits per heavy atom. The normalized spacial score (nSPS) is 18.4. The molecule has 78 valence electrons. The number of aliphatic hydroxyl groups is 1. The number of thioether (sulfide) groups is 1. The molecule has 1 aromatic rings. The summed E-state index contributed by atoms with van der Waals surface area (Å²) in [4.78, 5) is 4.17. The monoisotopic (exact) mass is 212 g/mol. The molecule has 1 atom stereocenters. The maximum atomic E-state index is 8.91. The first kappa shape index (κ1) is 10.1. The van der Waals surface area contributed by atoms with Crippen molar-refractivity contribution >= 4 is 11.8 Å². The summed E-state index contributed by atoms with van der Waals surface area (Å²) in [5, 5.41) is 9.23. The standard InChI is InChI=1S/C10H16N2OS/c1-8(5-13)14-6-10-4-11-7-12(10)9-2-3-9/h4,7-9,13H,2-3,5-6H2,1H3. The van der Waals surface area contributed by atoms with Crippen LogP contribution in [0.5, 0.6) is 0 Å². The SMILES string of the molecule is CC(CO)SCc1cncn1C1CC1. The molecule has 0 spiro atoms. The fraction of sp³-hybridized carbons (Fsp3) is 0.700. The van der Waals surface area contributed by atoms with Crippen LogP contribution in [0.1, 0.15) is 31.5 Å². The Labute approximate surface area is 88.5 Å². The van der Waals surface area contributed by atoms with Crippen LogP contribution >= 0.6 is 11.8 Å². The van der Waals surface area contributed by atoms with Gasteiger partial charge in [0.1, 0.15) is 0 Å². The molecule has 0 radical (unpaired) electrons. The molecule has 1 fully saturated rings. The quantitative estimate of drug-likeness (QED) is 0.809. The van der Waals surface area contributed by atoms with E-state index < -0.39 is 0 Å². The molecule has 0 aliphatic heterocycles. The van der Waals surface area contributed by atoms with Gasteiger partial charge in [-0.15, -0.1) is 0 Å². The van der Waals surface area contributed by atoms with E-state index in [0.717, 1.165) is 5.75 Å². The van der Waals surface area contributed by atoms with Gasteiger partial charge in [-0.25, -0.2) is 4.98 Å². The van der Waals surface area contributed by atoms with Gasteiger partial charge in [0.2, 0.25) is 0 Å². The summed E-state index contributed by atoms with van der Waals surface area (Å²) < 4.78 is 2.27. The summed E-state index contributed by atoms with van der Waals surface area (Å²) >= 11 is 1.78. The van der Waals surface area contributed by atoms with Crippen LogP contribution in [0.25, 0.3) is 0 Å². The zero-order chi connectivity index (χ0) is 9.97. The minimum atomic E-state index is 0.252. The van der Waals surface area contributed by atoms with Gasteiger partial charge in [-0.2, -0.15) is 11.8 Å². The predicted molar refractivity (Wildman–Crippen MR) is 58.3 cm³/mol. The number of nitrogens with zero attached hydrogens (tertiary/aromatic N) is 2. The van der Waals surface area contributed by atoms with Gasteiger partial charge >= 0.3 is 0 Å². The Morgan fingerprint density at radius 2 is 2.50 bits per heavy atom. The van der Waals surface area contributed by atoms with E-state index >= 15 is 0 Å². The van der Waals surface area contributed by atoms with Gasteiger partial charge < -0.3 is 9.67 Å². The van der Waals surface area contributed by atoms with Crippen molar-refractivity contribution in [2.45, 2.75) is 36.8 Å². The molecule has 1 unspecified atom stereocenters. The van der Waals surface area contributed by atoms with E-state index in [1.807, 2.05) is 19.4 Å². The molecule has 1 N–H and O–H groups in total. The molecule has 1 aliphatic rings. The maximum Gasteiger partial charge on any atom is 0.0951 e. The van der Waals surface area contributed by atoms with Crippen LogP contribution in [0.4, 0.5) is 0 Å². The first-order valence-corrected chi connectivity index (χ1v) is 6.09. The van der Waals surface area contributed by atoms with Gasteiger partial charge in [0.05, 0.1) is 12.9 Å². The Morgan fingerprint density at radius 3 is 3.14 bits per heavy atom. The van der Waals surface area contributed by atoms with E-state index in [0.29, 0.717) is 11.3 Å². The molecule has 3 nitrogen and oxygen atoms in total. The zero-order valence-electron chi connectivity index (χ0n) is 8.39. The fourth-order valence-corrected chi connectivity index (χ4v) is 2.19. The maximum absolute atomic E-state index is 8.91. The molecular formula is C10H16N2OS. The summed E-state index contributed by atoms with van der Waals surface area (Å²) in [6, 6.07) is 0.706. The molecular weight excluding hydrogens is 196 g/mol. The third-order valence-electron chi connectivity index (χ3n) is 2.46. The van der Waals surface area contributed by atoms with Gasteiger partial charge in [-0.3, -0.25) is 0 Å². The molecule has 0 saturated heterocycles. The Hall–Kier alpha value is -0.480. The minimum absolute atomic E-state index is 0.252. The number of aromatic nitrogens is 2. The Balaban J connectivity index is 1.91. The van der Waals surface area contributed by atoms with Crippen molar-refractivity contribution in [3.63, 3.8) is 0 Å². The van der Waals surface area contributed by atoms with Crippen LogP contribution < -0.4 is 0 Å². The molecule has 1 aliphatic carbocycles. The minimum Gasteiger partial charge on any atom is -0.395 e. The van der Waals surface area contributed by atoms with E-state index in [-0.39, 0.29) is 6.61 Å². The first-order valence-electron chi connectivity index (χ1n) is 5.04. The van der Waals surface area contributed by atoms with E-state index in [2.05, 4.69) is 9.55 Å². The molecule has 0 aromatic carbocycles. The second kappa shape index (κ2) is 4.36. The van der Waals surface area contributed by atoms with Gasteiger partial charge in [0.25, 0.3) is 0 Å². The van der Waals surface area contributed by atoms with Crippen molar-refractivity contribution in [1.29, 1.82) is 0 Å². The van der Waals surface area contributed by atoms with Gasteiger partial charge in [0.15, 0.2) is 0 Å². The van der Waals surface area contributed by atoms with Gasteiger partial charge in [-0.05, 0) is 12.8 Å². The topological polar surface area (TPSA) is 38.1 Å². The van der Waals surface area contributed by atoms with Crippen molar-refractivity contribution in [3.8, 4) is 0 Å². The van der Waals surface area contributed by atoms with Crippen LogP contribution in [0.2, 0.25) is 0 Å². The van der Waals surface area contributed by atoms with Crippen LogP contribution in [-0.4, -0.2) is 26.5 Å². The highest BCUT2D eigenvalue weighted by Gasteiger charge is 2.25. The number of hydrogen-bond donors (Lipinski definition) is 1. The molecule has 0 amide bonds. The molecule has 1 aromatic heterocycles. The summed E-state index contributed by atoms with van der Waals surface area (Å²) in [5.41, 5.74) is 1.29. The highest BCUT2D eigenvalue weighted by atomic mass is 32.2. The molecule has 4 heteroatoms. The van der Waals surface area contributed by atoms with Gasteiger partial charge in [-0.1, -0.05) is 6.92 Å². The summed E-state index contributed by atoms with van der Waals surface area (Å²) in [6.07, 6.45) is 6.46. The van der Waals surface area contributed by atoms with Crippen LogP contribution in [0.15, 0.2) is 12.5 Å². The lowest BCUT2D eigenvalue weighted by molar-refractivity contribution is 0.300. The van der Waals surface area contributed by atoms with E-state index in [4.69, 9.17) is 5.11 Å². The Bertz CT molecular complexity index is 296. The number of hydrogen-bond acceptors (Lipinski definition) is 3. The van der Waals surface area contributed by atoms with E-state index in [9.17, 15) is 0 Å². The second-order valence-electron chi connectivity index (χ2n) is 3.83. The predicted octanol–water partition coefficient (Wildman–Crippen LogP) is 1.83. The highest BCUT2D eigenvalue weighted by molar-refractivity contribution is 7.99. The van der Waals surface area contributed by atoms with Crippen molar-refractivity contribution in [3.05, 3.63) is 18.2 Å². The third kappa shape index (κ3) is 2.30. The van der Waals surface area contributed by atoms with Crippen molar-refractivity contribution < 1.29 is 5.11 Å². The Kier molecular flexibility index (Phi) is 3.13. The molecule has 1 heterocycles. The van der Waals surface area contributed by atoms with Crippen molar-refractivity contribution in [2.24, 2.45) is 0 Å². The highest BCUT2D eigenvalue weighted by Crippen LogP contribution is 2.36. The number of rotatable bonds is 5. The smallest absolute Gasteiger partial charge is 0.0951 e. The molecule has 14 heavy (non-hydrogen) atoms. The average molecular weight is 212 g/mol. The van der Waals surface area contributed by atoms with Crippen LogP contribution in [0.3, 0.4) is 0 Å². The molecule has 1 saturated carbocycles. The summed E-state index contributed by atoms with van der Waals surface area (Å²) in [7, 11) is 0. The lowest BCUT2D eigenvalue weighted by Gasteiger charge is -2.09. The van der Waals surface area contributed by atoms with Crippen molar-refractivity contribution in [2.75, 3.05) is 6.61 Å². The summed E-state index contributed by atoms with van der Waals surface area (Å²) in [5.74, 6) is 0.957. The summed E-state index contributed by atoms with van der Waals surface area (Å²) in [6.45, 7) is 2.30.